The maximum absolute atomic E-state index is 13.4. The van der Waals surface area contributed by atoms with Crippen LogP contribution in [0.4, 0.5) is 32.0 Å². The average Bonchev–Trinajstić information content (AvgIpc) is 2.93. The zero-order valence-corrected chi connectivity index (χ0v) is 24.7. The topological polar surface area (TPSA) is 140 Å². The first-order valence-electron chi connectivity index (χ1n) is 13.7. The van der Waals surface area contributed by atoms with Gasteiger partial charge in [-0.1, -0.05) is 38.2 Å². The van der Waals surface area contributed by atoms with E-state index in [2.05, 4.69) is 20.7 Å². The number of aryl methyl sites for hydroxylation is 1. The number of hydrogen-bond donors (Lipinski definition) is 5. The Balaban J connectivity index is 1.77. The van der Waals surface area contributed by atoms with Crippen molar-refractivity contribution in [1.82, 2.24) is 15.4 Å². The molecule has 9 nitrogen and oxygen atoms in total. The van der Waals surface area contributed by atoms with Gasteiger partial charge in [0.15, 0.2) is 5.96 Å². The van der Waals surface area contributed by atoms with Crippen molar-refractivity contribution in [3.63, 3.8) is 0 Å². The van der Waals surface area contributed by atoms with Crippen molar-refractivity contribution in [3.8, 4) is 0 Å². The number of anilines is 1. The molecule has 0 spiro atoms. The van der Waals surface area contributed by atoms with Crippen molar-refractivity contribution in [2.45, 2.75) is 75.2 Å². The van der Waals surface area contributed by atoms with Crippen molar-refractivity contribution in [2.75, 3.05) is 12.4 Å². The van der Waals surface area contributed by atoms with Gasteiger partial charge < -0.3 is 10.6 Å². The van der Waals surface area contributed by atoms with Crippen LogP contribution in [0.1, 0.15) is 60.8 Å². The summed E-state index contributed by atoms with van der Waals surface area (Å²) in [5, 5.41) is 15.5. The number of alkyl halides is 6. The number of amides is 2. The normalized spacial score (nSPS) is 15.4. The predicted molar refractivity (Wildman–Crippen MR) is 150 cm³/mol. The van der Waals surface area contributed by atoms with Crippen LogP contribution in [0.25, 0.3) is 0 Å². The highest BCUT2D eigenvalue weighted by atomic mass is 32.2. The quantitative estimate of drug-likeness (QED) is 0.146. The summed E-state index contributed by atoms with van der Waals surface area (Å²) in [6.45, 7) is 1.65. The Labute approximate surface area is 250 Å². The lowest BCUT2D eigenvalue weighted by Crippen LogP contribution is -2.51. The molecule has 2 amide bonds. The highest BCUT2D eigenvalue weighted by Gasteiger charge is 2.37. The second-order valence-corrected chi connectivity index (χ2v) is 12.5. The van der Waals surface area contributed by atoms with E-state index < -0.39 is 69.3 Å². The van der Waals surface area contributed by atoms with E-state index in [4.69, 9.17) is 5.41 Å². The summed E-state index contributed by atoms with van der Waals surface area (Å²) in [5.41, 5.74) is -2.97. The van der Waals surface area contributed by atoms with E-state index in [1.807, 2.05) is 0 Å². The molecule has 44 heavy (non-hydrogen) atoms. The summed E-state index contributed by atoms with van der Waals surface area (Å²) in [4.78, 5) is 25.9. The molecule has 0 unspecified atom stereocenters. The number of carbonyl (C=O) groups is 2. The second-order valence-electron chi connectivity index (χ2n) is 10.6. The summed E-state index contributed by atoms with van der Waals surface area (Å²) in [6.07, 6.45) is -6.29. The smallest absolute Gasteiger partial charge is 0.344 e. The number of rotatable bonds is 9. The zero-order chi connectivity index (χ0) is 32.9. The van der Waals surface area contributed by atoms with E-state index in [1.165, 1.54) is 25.2 Å². The Morgan fingerprint density at radius 2 is 1.55 bits per heavy atom. The minimum atomic E-state index is -5.09. The molecule has 2 aromatic rings. The first kappa shape index (κ1) is 34.8. The second kappa shape index (κ2) is 14.0. The van der Waals surface area contributed by atoms with Crippen LogP contribution in [0.2, 0.25) is 0 Å². The van der Waals surface area contributed by atoms with E-state index in [9.17, 15) is 44.3 Å². The predicted octanol–water partition coefficient (Wildman–Crippen LogP) is 5.10. The van der Waals surface area contributed by atoms with Crippen molar-refractivity contribution < 1.29 is 44.3 Å². The molecule has 242 valence electrons. The lowest BCUT2D eigenvalue weighted by molar-refractivity contribution is -0.143. The molecular weight excluding hydrogens is 616 g/mol. The van der Waals surface area contributed by atoms with E-state index in [-0.39, 0.29) is 29.0 Å². The maximum Gasteiger partial charge on any atom is 0.416 e. The number of sulfonamides is 1. The van der Waals surface area contributed by atoms with Gasteiger partial charge in [0, 0.05) is 5.69 Å². The SMILES string of the molecule is CNS(=O)(=O)c1ccc(C)c(NC(=O)[C@@H](CC2CCCCC2)NC(=N)NC(=O)Cc2cc(C(F)(F)F)cc(C(F)(F)F)c2)c1. The van der Waals surface area contributed by atoms with Gasteiger partial charge in [-0.15, -0.1) is 0 Å². The van der Waals surface area contributed by atoms with Gasteiger partial charge in [0.25, 0.3) is 0 Å². The molecule has 1 atom stereocenters. The fraction of sp³-hybridized carbons (Fsp3) is 0.464. The van der Waals surface area contributed by atoms with Gasteiger partial charge in [-0.2, -0.15) is 26.3 Å². The minimum absolute atomic E-state index is 0.0505. The maximum atomic E-state index is 13.4. The fourth-order valence-corrected chi connectivity index (χ4v) is 5.68. The monoisotopic (exact) mass is 649 g/mol. The van der Waals surface area contributed by atoms with Gasteiger partial charge in [-0.05, 0) is 67.8 Å². The number of hydrogen-bond acceptors (Lipinski definition) is 5. The van der Waals surface area contributed by atoms with Crippen molar-refractivity contribution in [3.05, 3.63) is 58.7 Å². The zero-order valence-electron chi connectivity index (χ0n) is 23.9. The molecule has 0 aliphatic heterocycles. The average molecular weight is 650 g/mol. The summed E-state index contributed by atoms with van der Waals surface area (Å²) in [6, 6.07) is 3.86. The number of carbonyl (C=O) groups excluding carboxylic acids is 2. The standard InChI is InChI=1S/C28H33F6N5O4S/c1-16-8-9-21(44(42,43)36-2)15-22(16)37-25(41)23(12-17-6-4-3-5-7-17)38-26(35)39-24(40)13-18-10-19(27(29,30)31)14-20(11-18)28(32,33)34/h8-11,14-15,17,23,36H,3-7,12-13H2,1-2H3,(H,37,41)(H3,35,38,39,40)/t23-/m1/s1. The van der Waals surface area contributed by atoms with Crippen LogP contribution in [0, 0.1) is 18.3 Å². The van der Waals surface area contributed by atoms with Crippen LogP contribution in [-0.2, 0) is 38.4 Å². The molecule has 0 heterocycles. The summed E-state index contributed by atoms with van der Waals surface area (Å²) in [7, 11) is -2.58. The summed E-state index contributed by atoms with van der Waals surface area (Å²) < 4.78 is 106. The Bertz CT molecular complexity index is 1460. The third kappa shape index (κ3) is 9.67. The Morgan fingerprint density at radius 3 is 2.09 bits per heavy atom. The van der Waals surface area contributed by atoms with E-state index in [0.29, 0.717) is 17.7 Å². The molecule has 1 aliphatic carbocycles. The van der Waals surface area contributed by atoms with Crippen LogP contribution < -0.4 is 20.7 Å². The number of benzene rings is 2. The van der Waals surface area contributed by atoms with Gasteiger partial charge >= 0.3 is 12.4 Å². The Hall–Kier alpha value is -3.66. The van der Waals surface area contributed by atoms with Crippen LogP contribution >= 0.6 is 0 Å². The van der Waals surface area contributed by atoms with Crippen LogP contribution in [-0.4, -0.2) is 39.3 Å². The van der Waals surface area contributed by atoms with Gasteiger partial charge in [0.1, 0.15) is 6.04 Å². The molecule has 1 fully saturated rings. The highest BCUT2D eigenvalue weighted by molar-refractivity contribution is 7.89. The number of nitrogens with one attached hydrogen (secondary N) is 5. The first-order chi connectivity index (χ1) is 20.4. The molecular formula is C28H33F6N5O4S. The molecule has 0 radical (unpaired) electrons. The van der Waals surface area contributed by atoms with E-state index >= 15 is 0 Å². The third-order valence-corrected chi connectivity index (χ3v) is 8.66. The van der Waals surface area contributed by atoms with Crippen molar-refractivity contribution in [2.24, 2.45) is 5.92 Å². The molecule has 3 rings (SSSR count). The minimum Gasteiger partial charge on any atom is -0.344 e. The summed E-state index contributed by atoms with van der Waals surface area (Å²) in [5.74, 6) is -2.30. The molecule has 5 N–H and O–H groups in total. The van der Waals surface area contributed by atoms with Gasteiger partial charge in [-0.3, -0.25) is 20.3 Å². The van der Waals surface area contributed by atoms with Gasteiger partial charge in [-0.25, -0.2) is 13.1 Å². The highest BCUT2D eigenvalue weighted by Crippen LogP contribution is 2.36. The Kier molecular flexibility index (Phi) is 11.1. The lowest BCUT2D eigenvalue weighted by Gasteiger charge is -2.27. The first-order valence-corrected chi connectivity index (χ1v) is 15.2. The van der Waals surface area contributed by atoms with Crippen molar-refractivity contribution >= 4 is 33.5 Å². The van der Waals surface area contributed by atoms with E-state index in [0.717, 1.165) is 32.1 Å². The number of guanidine groups is 1. The molecule has 0 saturated heterocycles. The van der Waals surface area contributed by atoms with Crippen LogP contribution in [0.15, 0.2) is 41.3 Å². The van der Waals surface area contributed by atoms with E-state index in [1.54, 1.807) is 6.92 Å². The number of halogens is 6. The summed E-state index contributed by atoms with van der Waals surface area (Å²) >= 11 is 0. The van der Waals surface area contributed by atoms with Gasteiger partial charge in [0.2, 0.25) is 21.8 Å². The van der Waals surface area contributed by atoms with Gasteiger partial charge in [0.05, 0.1) is 22.4 Å². The van der Waals surface area contributed by atoms with Crippen LogP contribution in [0.5, 0.6) is 0 Å². The Morgan fingerprint density at radius 1 is 0.955 bits per heavy atom. The molecule has 1 saturated carbocycles. The third-order valence-electron chi connectivity index (χ3n) is 7.25. The molecule has 1 aliphatic rings. The fourth-order valence-electron chi connectivity index (χ4n) is 4.93. The largest absolute Gasteiger partial charge is 0.416 e. The lowest BCUT2D eigenvalue weighted by atomic mass is 9.84. The van der Waals surface area contributed by atoms with Crippen molar-refractivity contribution in [1.29, 1.82) is 5.41 Å². The molecule has 0 bridgehead atoms. The molecule has 2 aromatic carbocycles. The molecule has 16 heteroatoms. The van der Waals surface area contributed by atoms with Crippen LogP contribution in [0.3, 0.4) is 0 Å². The molecule has 0 aromatic heterocycles.